The molecule has 0 bridgehead atoms. The molecule has 0 saturated heterocycles. The number of nitrogens with one attached hydrogen (secondary N) is 1. The highest BCUT2D eigenvalue weighted by atomic mass is 35.5. The third kappa shape index (κ3) is 4.11. The van der Waals surface area contributed by atoms with E-state index in [0.717, 1.165) is 5.56 Å². The first-order valence-corrected chi connectivity index (χ1v) is 8.15. The van der Waals surface area contributed by atoms with E-state index in [4.69, 9.17) is 11.6 Å². The van der Waals surface area contributed by atoms with Crippen LogP contribution in [0.3, 0.4) is 0 Å². The third-order valence-corrected chi connectivity index (χ3v) is 3.97. The lowest BCUT2D eigenvalue weighted by Gasteiger charge is -2.18. The first-order chi connectivity index (χ1) is 11.5. The van der Waals surface area contributed by atoms with Crippen LogP contribution < -0.4 is 5.32 Å². The van der Waals surface area contributed by atoms with Crippen LogP contribution in [0.4, 0.5) is 5.69 Å². The Morgan fingerprint density at radius 2 is 1.79 bits per heavy atom. The van der Waals surface area contributed by atoms with Crippen molar-refractivity contribution in [1.82, 2.24) is 9.88 Å². The Morgan fingerprint density at radius 1 is 1.12 bits per heavy atom. The Kier molecular flexibility index (Phi) is 5.93. The van der Waals surface area contributed by atoms with Crippen LogP contribution in [0.2, 0.25) is 5.02 Å². The fourth-order valence-corrected chi connectivity index (χ4v) is 2.56. The maximum Gasteiger partial charge on any atom is 0.257 e. The van der Waals surface area contributed by atoms with Crippen molar-refractivity contribution in [3.8, 4) is 0 Å². The second-order valence-electron chi connectivity index (χ2n) is 5.35. The van der Waals surface area contributed by atoms with Gasteiger partial charge in [0, 0.05) is 36.2 Å². The minimum atomic E-state index is -0.317. The van der Waals surface area contributed by atoms with Crippen LogP contribution >= 0.6 is 11.6 Å². The Hall–Kier alpha value is -2.40. The molecule has 0 aliphatic heterocycles. The van der Waals surface area contributed by atoms with Gasteiger partial charge in [-0.3, -0.25) is 14.6 Å². The van der Waals surface area contributed by atoms with Gasteiger partial charge in [-0.15, -0.1) is 0 Å². The fourth-order valence-electron chi connectivity index (χ4n) is 2.34. The van der Waals surface area contributed by atoms with Crippen molar-refractivity contribution in [3.05, 3.63) is 58.4 Å². The van der Waals surface area contributed by atoms with Crippen LogP contribution in [0.15, 0.2) is 36.7 Å². The topological polar surface area (TPSA) is 62.3 Å². The summed E-state index contributed by atoms with van der Waals surface area (Å²) in [7, 11) is 0. The molecule has 24 heavy (non-hydrogen) atoms. The van der Waals surface area contributed by atoms with E-state index in [9.17, 15) is 9.59 Å². The van der Waals surface area contributed by atoms with Crippen molar-refractivity contribution in [2.75, 3.05) is 18.4 Å². The van der Waals surface area contributed by atoms with E-state index in [-0.39, 0.29) is 11.8 Å². The van der Waals surface area contributed by atoms with Gasteiger partial charge in [0.05, 0.1) is 11.1 Å². The highest BCUT2D eigenvalue weighted by Gasteiger charge is 2.16. The normalized spacial score (nSPS) is 10.3. The molecule has 2 rings (SSSR count). The van der Waals surface area contributed by atoms with Gasteiger partial charge in [-0.05, 0) is 50.6 Å². The first-order valence-electron chi connectivity index (χ1n) is 7.78. The summed E-state index contributed by atoms with van der Waals surface area (Å²) in [6, 6.07) is 6.79. The number of anilines is 1. The zero-order valence-electron chi connectivity index (χ0n) is 14.0. The molecular formula is C18H20ClN3O2. The van der Waals surface area contributed by atoms with Crippen LogP contribution in [0, 0.1) is 6.92 Å². The lowest BCUT2D eigenvalue weighted by molar-refractivity contribution is 0.0772. The molecule has 126 valence electrons. The largest absolute Gasteiger partial charge is 0.339 e. The lowest BCUT2D eigenvalue weighted by Crippen LogP contribution is -2.30. The number of nitrogens with zero attached hydrogens (tertiary/aromatic N) is 2. The molecule has 0 spiro atoms. The third-order valence-electron chi connectivity index (χ3n) is 3.73. The maximum atomic E-state index is 12.4. The van der Waals surface area contributed by atoms with Crippen molar-refractivity contribution in [1.29, 1.82) is 0 Å². The van der Waals surface area contributed by atoms with Crippen LogP contribution in [-0.4, -0.2) is 34.8 Å². The predicted octanol–water partition coefficient (Wildman–Crippen LogP) is 3.78. The van der Waals surface area contributed by atoms with Gasteiger partial charge in [0.15, 0.2) is 0 Å². The summed E-state index contributed by atoms with van der Waals surface area (Å²) in [6.07, 6.45) is 2.92. The molecule has 1 aromatic heterocycles. The summed E-state index contributed by atoms with van der Waals surface area (Å²) in [4.78, 5) is 30.5. The number of hydrogen-bond acceptors (Lipinski definition) is 3. The number of benzene rings is 1. The molecule has 2 aromatic rings. The number of aryl methyl sites for hydroxylation is 1. The summed E-state index contributed by atoms with van der Waals surface area (Å²) in [5, 5.41) is 3.42. The predicted molar refractivity (Wildman–Crippen MR) is 95.6 cm³/mol. The highest BCUT2D eigenvalue weighted by Crippen LogP contribution is 2.20. The molecule has 1 aromatic carbocycles. The van der Waals surface area contributed by atoms with Crippen LogP contribution in [-0.2, 0) is 0 Å². The monoisotopic (exact) mass is 345 g/mol. The van der Waals surface area contributed by atoms with E-state index in [0.29, 0.717) is 34.9 Å². The number of halogens is 1. The van der Waals surface area contributed by atoms with E-state index in [1.165, 1.54) is 12.4 Å². The van der Waals surface area contributed by atoms with Crippen molar-refractivity contribution in [2.45, 2.75) is 20.8 Å². The zero-order valence-corrected chi connectivity index (χ0v) is 14.7. The number of rotatable bonds is 5. The number of hydrogen-bond donors (Lipinski definition) is 1. The van der Waals surface area contributed by atoms with Crippen molar-refractivity contribution in [3.63, 3.8) is 0 Å². The second-order valence-corrected chi connectivity index (χ2v) is 5.79. The molecule has 0 atom stereocenters. The standard InChI is InChI=1S/C18H20ClN3O2/c1-4-22(5-2)18(24)14-9-13(10-20-11-14)17(23)21-16-7-6-15(19)8-12(16)3/h6-11H,4-5H2,1-3H3,(H,21,23). The summed E-state index contributed by atoms with van der Waals surface area (Å²) in [5.41, 5.74) is 2.27. The van der Waals surface area contributed by atoms with Gasteiger partial charge >= 0.3 is 0 Å². The van der Waals surface area contributed by atoms with E-state index in [1.54, 1.807) is 29.2 Å². The van der Waals surface area contributed by atoms with Gasteiger partial charge in [0.1, 0.15) is 0 Å². The lowest BCUT2D eigenvalue weighted by atomic mass is 10.1. The summed E-state index contributed by atoms with van der Waals surface area (Å²) in [6.45, 7) is 6.90. The van der Waals surface area contributed by atoms with Crippen molar-refractivity contribution in [2.24, 2.45) is 0 Å². The highest BCUT2D eigenvalue weighted by molar-refractivity contribution is 6.30. The van der Waals surface area contributed by atoms with Gasteiger partial charge < -0.3 is 10.2 Å². The number of amides is 2. The van der Waals surface area contributed by atoms with Crippen LogP contribution in [0.1, 0.15) is 40.1 Å². The molecular weight excluding hydrogens is 326 g/mol. The molecule has 0 saturated carbocycles. The summed E-state index contributed by atoms with van der Waals surface area (Å²) >= 11 is 5.92. The molecule has 2 amide bonds. The Balaban J connectivity index is 2.21. The molecule has 6 heteroatoms. The number of carbonyl (C=O) groups is 2. The maximum absolute atomic E-state index is 12.4. The number of carbonyl (C=O) groups excluding carboxylic acids is 2. The molecule has 0 fully saturated rings. The van der Waals surface area contributed by atoms with Crippen molar-refractivity contribution >= 4 is 29.1 Å². The average molecular weight is 346 g/mol. The molecule has 0 radical (unpaired) electrons. The van der Waals surface area contributed by atoms with Gasteiger partial charge in [-0.2, -0.15) is 0 Å². The zero-order chi connectivity index (χ0) is 17.7. The van der Waals surface area contributed by atoms with E-state index >= 15 is 0 Å². The molecule has 5 nitrogen and oxygen atoms in total. The van der Waals surface area contributed by atoms with Gasteiger partial charge in [-0.25, -0.2) is 0 Å². The van der Waals surface area contributed by atoms with Gasteiger partial charge in [0.25, 0.3) is 11.8 Å². The Bertz CT molecular complexity index is 758. The number of aromatic nitrogens is 1. The summed E-state index contributed by atoms with van der Waals surface area (Å²) in [5.74, 6) is -0.452. The van der Waals surface area contributed by atoms with E-state index < -0.39 is 0 Å². The average Bonchev–Trinajstić information content (AvgIpc) is 2.58. The minimum Gasteiger partial charge on any atom is -0.339 e. The van der Waals surface area contributed by atoms with Gasteiger partial charge in [0.2, 0.25) is 0 Å². The second kappa shape index (κ2) is 7.93. The van der Waals surface area contributed by atoms with Crippen LogP contribution in [0.25, 0.3) is 0 Å². The quantitative estimate of drug-likeness (QED) is 0.897. The number of pyridine rings is 1. The van der Waals surface area contributed by atoms with E-state index in [2.05, 4.69) is 10.3 Å². The molecule has 1 N–H and O–H groups in total. The fraction of sp³-hybridized carbons (Fsp3) is 0.278. The molecule has 1 heterocycles. The van der Waals surface area contributed by atoms with E-state index in [1.807, 2.05) is 20.8 Å². The smallest absolute Gasteiger partial charge is 0.257 e. The molecule has 0 unspecified atom stereocenters. The first kappa shape index (κ1) is 17.9. The molecule has 0 aliphatic carbocycles. The SMILES string of the molecule is CCN(CC)C(=O)c1cncc(C(=O)Nc2ccc(Cl)cc2C)c1. The van der Waals surface area contributed by atoms with Crippen LogP contribution in [0.5, 0.6) is 0 Å². The van der Waals surface area contributed by atoms with Crippen molar-refractivity contribution < 1.29 is 9.59 Å². The molecule has 0 aliphatic rings. The van der Waals surface area contributed by atoms with Gasteiger partial charge in [-0.1, -0.05) is 11.6 Å². The Morgan fingerprint density at radius 3 is 2.42 bits per heavy atom. The summed E-state index contributed by atoms with van der Waals surface area (Å²) < 4.78 is 0. The minimum absolute atomic E-state index is 0.134. The Labute approximate surface area is 146 Å².